The van der Waals surface area contributed by atoms with Crippen molar-refractivity contribution in [2.24, 2.45) is 4.99 Å². The van der Waals surface area contributed by atoms with Gasteiger partial charge in [0.25, 0.3) is 0 Å². The minimum Gasteiger partial charge on any atom is -0.357 e. The van der Waals surface area contributed by atoms with Crippen LogP contribution in [-0.2, 0) is 13.0 Å². The Hall–Kier alpha value is -2.34. The number of halogens is 1. The fourth-order valence-corrected chi connectivity index (χ4v) is 3.05. The molecule has 0 atom stereocenters. The molecule has 1 aliphatic heterocycles. The molecule has 2 aromatic heterocycles. The van der Waals surface area contributed by atoms with Crippen molar-refractivity contribution < 1.29 is 0 Å². The van der Waals surface area contributed by atoms with Crippen LogP contribution in [0.15, 0.2) is 41.7 Å². The number of guanidine groups is 1. The smallest absolute Gasteiger partial charge is 0.191 e. The summed E-state index contributed by atoms with van der Waals surface area (Å²) in [5, 5.41) is 7.14. The molecule has 1 fully saturated rings. The second-order valence-electron chi connectivity index (χ2n) is 6.31. The van der Waals surface area contributed by atoms with Crippen molar-refractivity contribution in [2.45, 2.75) is 25.8 Å². The molecule has 3 heterocycles. The van der Waals surface area contributed by atoms with Crippen LogP contribution in [0, 0.1) is 0 Å². The maximum atomic E-state index is 5.80. The molecule has 3 rings (SSSR count). The highest BCUT2D eigenvalue weighted by Gasteiger charge is 2.12. The third kappa shape index (κ3) is 5.33. The van der Waals surface area contributed by atoms with E-state index in [0.29, 0.717) is 11.7 Å². The zero-order chi connectivity index (χ0) is 18.2. The molecule has 2 N–H and O–H groups in total. The normalized spacial score (nSPS) is 14.5. The summed E-state index contributed by atoms with van der Waals surface area (Å²) in [6.07, 6.45) is 7.12. The Morgan fingerprint density at radius 3 is 2.50 bits per heavy atom. The van der Waals surface area contributed by atoms with Gasteiger partial charge in [-0.1, -0.05) is 23.7 Å². The van der Waals surface area contributed by atoms with E-state index in [9.17, 15) is 0 Å². The van der Waals surface area contributed by atoms with Crippen LogP contribution in [0.1, 0.15) is 24.0 Å². The number of nitrogens with one attached hydrogen (secondary N) is 2. The first-order valence-electron chi connectivity index (χ1n) is 8.99. The molecule has 0 bridgehead atoms. The summed E-state index contributed by atoms with van der Waals surface area (Å²) in [7, 11) is 1.77. The Morgan fingerprint density at radius 2 is 1.85 bits per heavy atom. The van der Waals surface area contributed by atoms with E-state index in [4.69, 9.17) is 11.6 Å². The van der Waals surface area contributed by atoms with Crippen molar-refractivity contribution in [1.82, 2.24) is 20.6 Å². The summed E-state index contributed by atoms with van der Waals surface area (Å²) in [4.78, 5) is 15.3. The number of hydrogen-bond acceptors (Lipinski definition) is 4. The predicted octanol–water partition coefficient (Wildman–Crippen LogP) is 2.64. The van der Waals surface area contributed by atoms with Crippen molar-refractivity contribution in [2.75, 3.05) is 31.6 Å². The van der Waals surface area contributed by atoms with Crippen LogP contribution < -0.4 is 15.5 Å². The van der Waals surface area contributed by atoms with Crippen molar-refractivity contribution in [3.05, 3.63) is 52.9 Å². The Bertz CT molecular complexity index is 708. The Morgan fingerprint density at radius 1 is 1.08 bits per heavy atom. The van der Waals surface area contributed by atoms with E-state index in [1.807, 2.05) is 18.3 Å². The van der Waals surface area contributed by atoms with Gasteiger partial charge in [-0.25, -0.2) is 9.97 Å². The number of hydrogen-bond donors (Lipinski definition) is 2. The second kappa shape index (κ2) is 9.38. The van der Waals surface area contributed by atoms with Crippen molar-refractivity contribution in [1.29, 1.82) is 0 Å². The summed E-state index contributed by atoms with van der Waals surface area (Å²) in [6.45, 7) is 3.69. The van der Waals surface area contributed by atoms with Gasteiger partial charge in [0.1, 0.15) is 11.0 Å². The van der Waals surface area contributed by atoms with Crippen LogP contribution >= 0.6 is 11.6 Å². The van der Waals surface area contributed by atoms with Gasteiger partial charge in [-0.3, -0.25) is 4.99 Å². The third-order valence-electron chi connectivity index (χ3n) is 4.42. The molecule has 0 aromatic carbocycles. The van der Waals surface area contributed by atoms with Crippen LogP contribution in [-0.4, -0.2) is 42.6 Å². The van der Waals surface area contributed by atoms with Crippen molar-refractivity contribution in [3.8, 4) is 0 Å². The molecule has 1 aliphatic rings. The summed E-state index contributed by atoms with van der Waals surface area (Å²) in [6, 6.07) is 8.02. The van der Waals surface area contributed by atoms with Crippen LogP contribution in [0.4, 0.5) is 5.82 Å². The summed E-state index contributed by atoms with van der Waals surface area (Å²) in [5.41, 5.74) is 2.27. The molecule has 0 amide bonds. The molecule has 26 heavy (non-hydrogen) atoms. The van der Waals surface area contributed by atoms with E-state index in [0.717, 1.165) is 49.0 Å². The van der Waals surface area contributed by atoms with Gasteiger partial charge in [-0.2, -0.15) is 0 Å². The molecule has 0 spiro atoms. The molecule has 7 heteroatoms. The fourth-order valence-electron chi connectivity index (χ4n) is 2.94. The average molecular weight is 373 g/mol. The Kier molecular flexibility index (Phi) is 6.66. The lowest BCUT2D eigenvalue weighted by Gasteiger charge is -2.16. The first-order chi connectivity index (χ1) is 12.7. The van der Waals surface area contributed by atoms with E-state index < -0.39 is 0 Å². The van der Waals surface area contributed by atoms with Gasteiger partial charge in [0.15, 0.2) is 5.96 Å². The Balaban J connectivity index is 1.42. The molecule has 0 unspecified atom stereocenters. The monoisotopic (exact) mass is 372 g/mol. The SMILES string of the molecule is CN=C(NCCc1ccc(Cl)nc1)NCc1ccc(N2CCCC2)nc1. The molecule has 0 aliphatic carbocycles. The summed E-state index contributed by atoms with van der Waals surface area (Å²) < 4.78 is 0. The van der Waals surface area contributed by atoms with E-state index in [1.165, 1.54) is 12.8 Å². The molecule has 138 valence electrons. The van der Waals surface area contributed by atoms with Crippen molar-refractivity contribution in [3.63, 3.8) is 0 Å². The van der Waals surface area contributed by atoms with E-state index in [1.54, 1.807) is 13.2 Å². The van der Waals surface area contributed by atoms with E-state index in [2.05, 4.69) is 42.6 Å². The summed E-state index contributed by atoms with van der Waals surface area (Å²) >= 11 is 5.80. The number of anilines is 1. The van der Waals surface area contributed by atoms with Crippen LogP contribution in [0.5, 0.6) is 0 Å². The number of pyridine rings is 2. The Labute approximate surface area is 159 Å². The quantitative estimate of drug-likeness (QED) is 0.463. The van der Waals surface area contributed by atoms with Gasteiger partial charge >= 0.3 is 0 Å². The third-order valence-corrected chi connectivity index (χ3v) is 4.64. The van der Waals surface area contributed by atoms with Crippen LogP contribution in [0.25, 0.3) is 0 Å². The highest BCUT2D eigenvalue weighted by atomic mass is 35.5. The van der Waals surface area contributed by atoms with Gasteiger partial charge in [-0.05, 0) is 42.5 Å². The minimum absolute atomic E-state index is 0.517. The zero-order valence-electron chi connectivity index (χ0n) is 15.1. The number of aliphatic imine (C=N–C) groups is 1. The van der Waals surface area contributed by atoms with Crippen LogP contribution in [0.3, 0.4) is 0 Å². The highest BCUT2D eigenvalue weighted by Crippen LogP contribution is 2.17. The van der Waals surface area contributed by atoms with Crippen LogP contribution in [0.2, 0.25) is 5.15 Å². The number of aromatic nitrogens is 2. The fraction of sp³-hybridized carbons (Fsp3) is 0.421. The van der Waals surface area contributed by atoms with Gasteiger partial charge in [0.05, 0.1) is 0 Å². The van der Waals surface area contributed by atoms with Gasteiger partial charge in [0.2, 0.25) is 0 Å². The van der Waals surface area contributed by atoms with Gasteiger partial charge in [0, 0.05) is 45.6 Å². The van der Waals surface area contributed by atoms with Crippen molar-refractivity contribution >= 4 is 23.4 Å². The first kappa shape index (κ1) is 18.5. The van der Waals surface area contributed by atoms with E-state index in [-0.39, 0.29) is 0 Å². The maximum absolute atomic E-state index is 5.80. The largest absolute Gasteiger partial charge is 0.357 e. The molecule has 6 nitrogen and oxygen atoms in total. The number of rotatable bonds is 6. The highest BCUT2D eigenvalue weighted by molar-refractivity contribution is 6.29. The number of nitrogens with zero attached hydrogens (tertiary/aromatic N) is 4. The first-order valence-corrected chi connectivity index (χ1v) is 9.37. The lowest BCUT2D eigenvalue weighted by atomic mass is 10.2. The lowest BCUT2D eigenvalue weighted by molar-refractivity contribution is 0.791. The van der Waals surface area contributed by atoms with Gasteiger partial charge < -0.3 is 15.5 Å². The topological polar surface area (TPSA) is 65.4 Å². The lowest BCUT2D eigenvalue weighted by Crippen LogP contribution is -2.37. The summed E-state index contributed by atoms with van der Waals surface area (Å²) in [5.74, 6) is 1.85. The maximum Gasteiger partial charge on any atom is 0.191 e. The molecular formula is C19H25ClN6. The average Bonchev–Trinajstić information content (AvgIpc) is 3.21. The second-order valence-corrected chi connectivity index (χ2v) is 6.70. The minimum atomic E-state index is 0.517. The molecule has 1 saturated heterocycles. The standard InChI is InChI=1S/C19H25ClN6/c1-21-19(22-9-8-15-4-6-17(20)23-12-15)25-14-16-5-7-18(24-13-16)26-10-2-3-11-26/h4-7,12-13H,2-3,8-11,14H2,1H3,(H2,21,22,25). The predicted molar refractivity (Wildman–Crippen MR) is 107 cm³/mol. The zero-order valence-corrected chi connectivity index (χ0v) is 15.8. The molecule has 0 radical (unpaired) electrons. The molecular weight excluding hydrogens is 348 g/mol. The van der Waals surface area contributed by atoms with Gasteiger partial charge in [-0.15, -0.1) is 0 Å². The molecule has 2 aromatic rings. The molecule has 0 saturated carbocycles. The van der Waals surface area contributed by atoms with E-state index >= 15 is 0 Å².